The summed E-state index contributed by atoms with van der Waals surface area (Å²) in [6.45, 7) is 1.67. The molecule has 0 radical (unpaired) electrons. The standard InChI is InChI=1S/C10H12FN3O/c1-8-2-4-10(5-3-8)15-7-9(11)6-13-14-12/h2-5,9H,6-7H2,1H3/t9-/m0/s1. The van der Waals surface area contributed by atoms with Gasteiger partial charge in [-0.15, -0.1) is 0 Å². The van der Waals surface area contributed by atoms with Crippen LogP contribution in [0.2, 0.25) is 0 Å². The highest BCUT2D eigenvalue weighted by atomic mass is 19.1. The summed E-state index contributed by atoms with van der Waals surface area (Å²) in [6.07, 6.45) is -1.26. The van der Waals surface area contributed by atoms with E-state index in [9.17, 15) is 4.39 Å². The van der Waals surface area contributed by atoms with Gasteiger partial charge in [0.25, 0.3) is 0 Å². The summed E-state index contributed by atoms with van der Waals surface area (Å²) in [5.41, 5.74) is 9.10. The molecule has 1 aromatic rings. The highest BCUT2D eigenvalue weighted by molar-refractivity contribution is 5.26. The van der Waals surface area contributed by atoms with E-state index in [4.69, 9.17) is 10.3 Å². The van der Waals surface area contributed by atoms with Crippen LogP contribution in [-0.2, 0) is 0 Å². The van der Waals surface area contributed by atoms with E-state index < -0.39 is 6.17 Å². The molecule has 0 bridgehead atoms. The lowest BCUT2D eigenvalue weighted by molar-refractivity contribution is 0.201. The number of halogens is 1. The fraction of sp³-hybridized carbons (Fsp3) is 0.400. The molecular formula is C10H12FN3O. The highest BCUT2D eigenvalue weighted by Crippen LogP contribution is 2.12. The van der Waals surface area contributed by atoms with Crippen LogP contribution in [0.25, 0.3) is 10.4 Å². The van der Waals surface area contributed by atoms with E-state index in [0.29, 0.717) is 5.75 Å². The first-order chi connectivity index (χ1) is 7.22. The summed E-state index contributed by atoms with van der Waals surface area (Å²) in [5, 5.41) is 3.12. The number of nitrogens with zero attached hydrogens (tertiary/aromatic N) is 3. The molecular weight excluding hydrogens is 197 g/mol. The zero-order valence-corrected chi connectivity index (χ0v) is 8.43. The summed E-state index contributed by atoms with van der Waals surface area (Å²) in [7, 11) is 0. The number of benzene rings is 1. The molecule has 0 N–H and O–H groups in total. The maximum absolute atomic E-state index is 13.0. The van der Waals surface area contributed by atoms with Gasteiger partial charge in [-0.05, 0) is 24.6 Å². The molecule has 1 atom stereocenters. The molecule has 0 saturated heterocycles. The highest BCUT2D eigenvalue weighted by Gasteiger charge is 2.05. The third-order valence-electron chi connectivity index (χ3n) is 1.79. The van der Waals surface area contributed by atoms with Crippen molar-refractivity contribution in [1.29, 1.82) is 0 Å². The second-order valence-corrected chi connectivity index (χ2v) is 3.13. The maximum atomic E-state index is 13.0. The minimum absolute atomic E-state index is 0.0952. The zero-order chi connectivity index (χ0) is 11.1. The van der Waals surface area contributed by atoms with Gasteiger partial charge in [0.2, 0.25) is 0 Å². The predicted octanol–water partition coefficient (Wildman–Crippen LogP) is 3.02. The number of azide groups is 1. The van der Waals surface area contributed by atoms with Gasteiger partial charge in [0, 0.05) is 4.91 Å². The second-order valence-electron chi connectivity index (χ2n) is 3.13. The monoisotopic (exact) mass is 209 g/mol. The summed E-state index contributed by atoms with van der Waals surface area (Å²) < 4.78 is 18.1. The molecule has 0 saturated carbocycles. The Bertz CT molecular complexity index is 346. The van der Waals surface area contributed by atoms with Crippen LogP contribution in [0.15, 0.2) is 29.4 Å². The zero-order valence-electron chi connectivity index (χ0n) is 8.43. The van der Waals surface area contributed by atoms with Crippen molar-refractivity contribution in [2.24, 2.45) is 5.11 Å². The van der Waals surface area contributed by atoms with Gasteiger partial charge >= 0.3 is 0 Å². The minimum Gasteiger partial charge on any atom is -0.491 e. The van der Waals surface area contributed by atoms with Gasteiger partial charge < -0.3 is 4.74 Å². The van der Waals surface area contributed by atoms with E-state index in [1.54, 1.807) is 12.1 Å². The largest absolute Gasteiger partial charge is 0.491 e. The van der Waals surface area contributed by atoms with Crippen molar-refractivity contribution in [1.82, 2.24) is 0 Å². The molecule has 15 heavy (non-hydrogen) atoms. The fourth-order valence-electron chi connectivity index (χ4n) is 0.999. The smallest absolute Gasteiger partial charge is 0.140 e. The summed E-state index contributed by atoms with van der Waals surface area (Å²) >= 11 is 0. The van der Waals surface area contributed by atoms with E-state index >= 15 is 0 Å². The lowest BCUT2D eigenvalue weighted by Crippen LogP contribution is -2.15. The third kappa shape index (κ3) is 4.33. The van der Waals surface area contributed by atoms with Crippen LogP contribution in [0.4, 0.5) is 4.39 Å². The molecule has 4 nitrogen and oxygen atoms in total. The topological polar surface area (TPSA) is 58.0 Å². The van der Waals surface area contributed by atoms with Crippen molar-refractivity contribution in [3.8, 4) is 5.75 Å². The summed E-state index contributed by atoms with van der Waals surface area (Å²) in [6, 6.07) is 7.32. The number of alkyl halides is 1. The van der Waals surface area contributed by atoms with Crippen molar-refractivity contribution < 1.29 is 9.13 Å². The number of aryl methyl sites for hydroxylation is 1. The predicted molar refractivity (Wildman–Crippen MR) is 55.6 cm³/mol. The Kier molecular flexibility index (Phi) is 4.44. The van der Waals surface area contributed by atoms with Gasteiger partial charge in [-0.1, -0.05) is 22.8 Å². The molecule has 0 aliphatic rings. The molecule has 0 aromatic heterocycles. The summed E-state index contributed by atoms with van der Waals surface area (Å²) in [4.78, 5) is 2.47. The van der Waals surface area contributed by atoms with Crippen molar-refractivity contribution in [2.75, 3.05) is 13.2 Å². The van der Waals surface area contributed by atoms with Gasteiger partial charge in [0.05, 0.1) is 6.54 Å². The number of rotatable bonds is 5. The molecule has 0 unspecified atom stereocenters. The lowest BCUT2D eigenvalue weighted by atomic mass is 10.2. The molecule has 0 amide bonds. The van der Waals surface area contributed by atoms with E-state index in [1.807, 2.05) is 19.1 Å². The van der Waals surface area contributed by atoms with Crippen LogP contribution in [0.3, 0.4) is 0 Å². The quantitative estimate of drug-likeness (QED) is 0.417. The van der Waals surface area contributed by atoms with Crippen LogP contribution in [-0.4, -0.2) is 19.3 Å². The normalized spacial score (nSPS) is 11.6. The van der Waals surface area contributed by atoms with E-state index in [1.165, 1.54) is 0 Å². The van der Waals surface area contributed by atoms with Crippen molar-refractivity contribution in [2.45, 2.75) is 13.1 Å². The molecule has 1 aromatic carbocycles. The Balaban J connectivity index is 2.36. The van der Waals surface area contributed by atoms with Crippen LogP contribution < -0.4 is 4.74 Å². The molecule has 0 aliphatic carbocycles. The second kappa shape index (κ2) is 5.88. The van der Waals surface area contributed by atoms with E-state index in [-0.39, 0.29) is 13.2 Å². The minimum atomic E-state index is -1.26. The Morgan fingerprint density at radius 3 is 2.73 bits per heavy atom. The Hall–Kier alpha value is -1.74. The van der Waals surface area contributed by atoms with Crippen LogP contribution >= 0.6 is 0 Å². The lowest BCUT2D eigenvalue weighted by Gasteiger charge is -2.08. The Morgan fingerprint density at radius 1 is 1.47 bits per heavy atom. The number of hydrogen-bond acceptors (Lipinski definition) is 2. The molecule has 1 rings (SSSR count). The molecule has 0 aliphatic heterocycles. The van der Waals surface area contributed by atoms with Crippen molar-refractivity contribution in [3.63, 3.8) is 0 Å². The number of hydrogen-bond donors (Lipinski definition) is 0. The SMILES string of the molecule is Cc1ccc(OC[C@@H](F)CN=[N+]=[N-])cc1. The van der Waals surface area contributed by atoms with Gasteiger partial charge in [-0.2, -0.15) is 0 Å². The van der Waals surface area contributed by atoms with E-state index in [0.717, 1.165) is 5.56 Å². The molecule has 80 valence electrons. The van der Waals surface area contributed by atoms with Gasteiger partial charge in [0.15, 0.2) is 0 Å². The molecule has 0 fully saturated rings. The average Bonchev–Trinajstić information content (AvgIpc) is 2.25. The van der Waals surface area contributed by atoms with Crippen LogP contribution in [0, 0.1) is 6.92 Å². The first-order valence-electron chi connectivity index (χ1n) is 4.57. The van der Waals surface area contributed by atoms with Crippen LogP contribution in [0.1, 0.15) is 5.56 Å². The van der Waals surface area contributed by atoms with Crippen molar-refractivity contribution >= 4 is 0 Å². The fourth-order valence-corrected chi connectivity index (χ4v) is 0.999. The van der Waals surface area contributed by atoms with Crippen LogP contribution in [0.5, 0.6) is 5.75 Å². The van der Waals surface area contributed by atoms with Gasteiger partial charge in [0.1, 0.15) is 18.5 Å². The third-order valence-corrected chi connectivity index (χ3v) is 1.79. The van der Waals surface area contributed by atoms with E-state index in [2.05, 4.69) is 10.0 Å². The first-order valence-corrected chi connectivity index (χ1v) is 4.57. The van der Waals surface area contributed by atoms with Crippen molar-refractivity contribution in [3.05, 3.63) is 40.3 Å². The Labute approximate surface area is 87.3 Å². The average molecular weight is 209 g/mol. The molecule has 5 heteroatoms. The van der Waals surface area contributed by atoms with Gasteiger partial charge in [-0.3, -0.25) is 0 Å². The summed E-state index contributed by atoms with van der Waals surface area (Å²) in [5.74, 6) is 0.615. The van der Waals surface area contributed by atoms with Gasteiger partial charge in [-0.25, -0.2) is 4.39 Å². The maximum Gasteiger partial charge on any atom is 0.140 e. The Morgan fingerprint density at radius 2 is 2.13 bits per heavy atom. The molecule has 0 heterocycles. The molecule has 0 spiro atoms. The first kappa shape index (κ1) is 11.3. The number of ether oxygens (including phenoxy) is 1.